The molecule has 1 aliphatic rings. The van der Waals surface area contributed by atoms with Crippen molar-refractivity contribution in [3.05, 3.63) is 101 Å². The number of hydrogen-bond donors (Lipinski definition) is 1. The number of rotatable bonds is 7. The van der Waals surface area contributed by atoms with E-state index in [1.165, 1.54) is 24.3 Å². The molecule has 3 aromatic rings. The van der Waals surface area contributed by atoms with Crippen LogP contribution >= 0.6 is 0 Å². The minimum Gasteiger partial charge on any atom is -0.348 e. The average Bonchev–Trinajstić information content (AvgIpc) is 3.37. The summed E-state index contributed by atoms with van der Waals surface area (Å²) in [4.78, 5) is 17.4. The number of hydrogen-bond acceptors (Lipinski definition) is 4. The van der Waals surface area contributed by atoms with Crippen LogP contribution < -0.4 is 5.32 Å². The second kappa shape index (κ2) is 10.3. The molecule has 0 spiro atoms. The van der Waals surface area contributed by atoms with E-state index in [1.807, 2.05) is 12.1 Å². The van der Waals surface area contributed by atoms with Crippen molar-refractivity contribution < 1.29 is 26.4 Å². The zero-order valence-electron chi connectivity index (χ0n) is 19.5. The van der Waals surface area contributed by atoms with Gasteiger partial charge in [0.25, 0.3) is 5.91 Å². The summed E-state index contributed by atoms with van der Waals surface area (Å²) < 4.78 is 62.2. The van der Waals surface area contributed by atoms with Gasteiger partial charge in [0, 0.05) is 30.3 Å². The average molecular weight is 515 g/mol. The lowest BCUT2D eigenvalue weighted by atomic mass is 9.93. The first-order chi connectivity index (χ1) is 17.1. The summed E-state index contributed by atoms with van der Waals surface area (Å²) in [5.41, 5.74) is 3.13. The highest BCUT2D eigenvalue weighted by Crippen LogP contribution is 2.33. The molecule has 0 radical (unpaired) electrons. The van der Waals surface area contributed by atoms with Gasteiger partial charge in [0.2, 0.25) is 0 Å². The molecule has 36 heavy (non-hydrogen) atoms. The fourth-order valence-corrected chi connectivity index (χ4v) is 4.92. The Morgan fingerprint density at radius 2 is 1.61 bits per heavy atom. The molecule has 0 saturated carbocycles. The third kappa shape index (κ3) is 5.84. The number of nitrogens with zero attached hydrogens (tertiary/aromatic N) is 1. The van der Waals surface area contributed by atoms with E-state index in [1.54, 1.807) is 31.2 Å². The van der Waals surface area contributed by atoms with Crippen LogP contribution in [0.3, 0.4) is 0 Å². The minimum atomic E-state index is -4.35. The number of amides is 1. The van der Waals surface area contributed by atoms with Crippen LogP contribution in [0.5, 0.6) is 0 Å². The van der Waals surface area contributed by atoms with E-state index in [0.717, 1.165) is 34.5 Å². The summed E-state index contributed by atoms with van der Waals surface area (Å²) in [6.45, 7) is 2.35. The first kappa shape index (κ1) is 25.6. The number of benzene rings is 3. The molecular formula is C27H25F3N2O3S. The van der Waals surface area contributed by atoms with Gasteiger partial charge < -0.3 is 5.32 Å². The lowest BCUT2D eigenvalue weighted by Crippen LogP contribution is -2.22. The van der Waals surface area contributed by atoms with Gasteiger partial charge >= 0.3 is 6.18 Å². The zero-order chi connectivity index (χ0) is 25.9. The minimum absolute atomic E-state index is 0.0176. The van der Waals surface area contributed by atoms with Crippen molar-refractivity contribution in [1.82, 2.24) is 5.32 Å². The molecule has 4 rings (SSSR count). The molecule has 0 bridgehead atoms. The molecule has 5 nitrogen and oxygen atoms in total. The van der Waals surface area contributed by atoms with Gasteiger partial charge in [-0.15, -0.1) is 0 Å². The zero-order valence-corrected chi connectivity index (χ0v) is 20.4. The first-order valence-corrected chi connectivity index (χ1v) is 13.1. The van der Waals surface area contributed by atoms with Crippen LogP contribution in [0.15, 0.2) is 82.7 Å². The summed E-state index contributed by atoms with van der Waals surface area (Å²) in [6.07, 6.45) is -3.74. The number of carbonyl (C=O) groups excluding carboxylic acids is 1. The maximum atomic E-state index is 12.8. The van der Waals surface area contributed by atoms with Crippen LogP contribution in [0.2, 0.25) is 0 Å². The standard InChI is InChI=1S/C27H25F3N2O3S/c1-2-36(34,35)24-13-3-18(4-14-24)16-32-26(33)21-7-5-20(6-8-21)25-15-22(17-31-25)19-9-11-23(12-10-19)27(28,29)30/h3-14,22H,2,15-17H2,1H3,(H,32,33). The van der Waals surface area contributed by atoms with Gasteiger partial charge in [0.15, 0.2) is 9.84 Å². The number of aliphatic imine (C=N–C) groups is 1. The third-order valence-electron chi connectivity index (χ3n) is 6.25. The predicted molar refractivity (Wildman–Crippen MR) is 132 cm³/mol. The molecule has 0 aliphatic carbocycles. The fraction of sp³-hybridized carbons (Fsp3) is 0.259. The van der Waals surface area contributed by atoms with Gasteiger partial charge in [0.05, 0.1) is 16.2 Å². The van der Waals surface area contributed by atoms with Crippen molar-refractivity contribution in [2.45, 2.75) is 36.9 Å². The monoisotopic (exact) mass is 514 g/mol. The molecular weight excluding hydrogens is 489 g/mol. The molecule has 1 amide bonds. The van der Waals surface area contributed by atoms with Crippen molar-refractivity contribution >= 4 is 21.5 Å². The van der Waals surface area contributed by atoms with E-state index >= 15 is 0 Å². The van der Waals surface area contributed by atoms with Crippen molar-refractivity contribution in [2.75, 3.05) is 12.3 Å². The van der Waals surface area contributed by atoms with E-state index in [9.17, 15) is 26.4 Å². The summed E-state index contributed by atoms with van der Waals surface area (Å²) in [5.74, 6) is -0.215. The van der Waals surface area contributed by atoms with Crippen molar-refractivity contribution in [3.8, 4) is 0 Å². The summed E-state index contributed by atoms with van der Waals surface area (Å²) in [6, 6.07) is 18.7. The number of alkyl halides is 3. The quantitative estimate of drug-likeness (QED) is 0.458. The molecule has 0 fully saturated rings. The fourth-order valence-electron chi connectivity index (χ4n) is 4.04. The van der Waals surface area contributed by atoms with Gasteiger partial charge in [-0.25, -0.2) is 8.42 Å². The maximum absolute atomic E-state index is 12.8. The SMILES string of the molecule is CCS(=O)(=O)c1ccc(CNC(=O)c2ccc(C3=NCC(c4ccc(C(F)(F)F)cc4)C3)cc2)cc1. The van der Waals surface area contributed by atoms with Crippen LogP contribution in [0, 0.1) is 0 Å². The lowest BCUT2D eigenvalue weighted by molar-refractivity contribution is -0.137. The second-order valence-corrected chi connectivity index (χ2v) is 10.9. The largest absolute Gasteiger partial charge is 0.416 e. The van der Waals surface area contributed by atoms with E-state index in [-0.39, 0.29) is 29.0 Å². The predicted octanol–water partition coefficient (Wildman–Crippen LogP) is 5.41. The molecule has 0 aromatic heterocycles. The van der Waals surface area contributed by atoms with Gasteiger partial charge in [-0.1, -0.05) is 43.3 Å². The van der Waals surface area contributed by atoms with E-state index in [2.05, 4.69) is 10.3 Å². The normalized spacial score (nSPS) is 16.0. The number of nitrogens with one attached hydrogen (secondary N) is 1. The Morgan fingerprint density at radius 1 is 0.972 bits per heavy atom. The van der Waals surface area contributed by atoms with Gasteiger partial charge in [0.1, 0.15) is 0 Å². The molecule has 1 heterocycles. The number of sulfone groups is 1. The Bertz CT molecular complexity index is 1360. The lowest BCUT2D eigenvalue weighted by Gasteiger charge is -2.12. The van der Waals surface area contributed by atoms with Crippen molar-refractivity contribution in [1.29, 1.82) is 0 Å². The second-order valence-electron chi connectivity index (χ2n) is 8.62. The Hall–Kier alpha value is -3.46. The van der Waals surface area contributed by atoms with Crippen molar-refractivity contribution in [2.24, 2.45) is 4.99 Å². The maximum Gasteiger partial charge on any atom is 0.416 e. The molecule has 3 aromatic carbocycles. The molecule has 1 unspecified atom stereocenters. The van der Waals surface area contributed by atoms with Gasteiger partial charge in [-0.2, -0.15) is 13.2 Å². The van der Waals surface area contributed by atoms with Gasteiger partial charge in [-0.3, -0.25) is 9.79 Å². The summed E-state index contributed by atoms with van der Waals surface area (Å²) in [5, 5.41) is 2.82. The van der Waals surface area contributed by atoms with E-state index in [0.29, 0.717) is 18.5 Å². The number of carbonyl (C=O) groups is 1. The smallest absolute Gasteiger partial charge is 0.348 e. The summed E-state index contributed by atoms with van der Waals surface area (Å²) in [7, 11) is -3.26. The Labute approximate surface area is 208 Å². The molecule has 0 saturated heterocycles. The molecule has 9 heteroatoms. The molecule has 1 atom stereocenters. The highest BCUT2D eigenvalue weighted by Gasteiger charge is 2.30. The van der Waals surface area contributed by atoms with Gasteiger partial charge in [-0.05, 0) is 59.5 Å². The van der Waals surface area contributed by atoms with Crippen LogP contribution in [0.1, 0.15) is 51.9 Å². The topological polar surface area (TPSA) is 75.6 Å². The molecule has 1 N–H and O–H groups in total. The van der Waals surface area contributed by atoms with Crippen LogP contribution in [-0.4, -0.2) is 32.3 Å². The first-order valence-electron chi connectivity index (χ1n) is 11.5. The third-order valence-corrected chi connectivity index (χ3v) is 8.00. The van der Waals surface area contributed by atoms with Crippen LogP contribution in [0.25, 0.3) is 0 Å². The molecule has 1 aliphatic heterocycles. The van der Waals surface area contributed by atoms with E-state index < -0.39 is 21.6 Å². The van der Waals surface area contributed by atoms with Crippen molar-refractivity contribution in [3.63, 3.8) is 0 Å². The Kier molecular flexibility index (Phi) is 7.31. The summed E-state index contributed by atoms with van der Waals surface area (Å²) >= 11 is 0. The Balaban J connectivity index is 1.33. The van der Waals surface area contributed by atoms with E-state index in [4.69, 9.17) is 0 Å². The number of halogens is 3. The highest BCUT2D eigenvalue weighted by molar-refractivity contribution is 7.91. The highest BCUT2D eigenvalue weighted by atomic mass is 32.2. The van der Waals surface area contributed by atoms with Crippen LogP contribution in [-0.2, 0) is 22.6 Å². The Morgan fingerprint density at radius 3 is 2.19 bits per heavy atom. The molecule has 188 valence electrons. The van der Waals surface area contributed by atoms with Crippen LogP contribution in [0.4, 0.5) is 13.2 Å².